The summed E-state index contributed by atoms with van der Waals surface area (Å²) in [5, 5.41) is 8.75. The zero-order valence-electron chi connectivity index (χ0n) is 9.07. The molecule has 1 fully saturated rings. The van der Waals surface area contributed by atoms with Gasteiger partial charge in [-0.15, -0.1) is 0 Å². The standard InChI is InChI=1S/C12H13F2NO2/c13-12(14,6-8-4-2-1-3-5-8)9-7-11(9,15)10(16)17/h1-5,9H,6-7,15H2,(H,16,17). The van der Waals surface area contributed by atoms with Crippen LogP contribution < -0.4 is 5.73 Å². The Morgan fingerprint density at radius 3 is 2.53 bits per heavy atom. The fourth-order valence-corrected chi connectivity index (χ4v) is 2.03. The first-order chi connectivity index (χ1) is 7.86. The molecule has 0 heterocycles. The van der Waals surface area contributed by atoms with E-state index in [9.17, 15) is 13.6 Å². The highest BCUT2D eigenvalue weighted by molar-refractivity contribution is 5.83. The van der Waals surface area contributed by atoms with Crippen LogP contribution in [0.3, 0.4) is 0 Å². The quantitative estimate of drug-likeness (QED) is 0.842. The molecule has 1 aliphatic rings. The van der Waals surface area contributed by atoms with Gasteiger partial charge in [0.25, 0.3) is 5.92 Å². The summed E-state index contributed by atoms with van der Waals surface area (Å²) in [4.78, 5) is 10.7. The van der Waals surface area contributed by atoms with E-state index < -0.39 is 29.8 Å². The minimum Gasteiger partial charge on any atom is -0.480 e. The lowest BCUT2D eigenvalue weighted by atomic mass is 10.0. The average molecular weight is 241 g/mol. The lowest BCUT2D eigenvalue weighted by Gasteiger charge is -2.18. The number of rotatable bonds is 4. The fourth-order valence-electron chi connectivity index (χ4n) is 2.03. The summed E-state index contributed by atoms with van der Waals surface area (Å²) in [6.45, 7) is 0. The van der Waals surface area contributed by atoms with Crippen molar-refractivity contribution in [3.8, 4) is 0 Å². The first-order valence-electron chi connectivity index (χ1n) is 5.30. The van der Waals surface area contributed by atoms with Crippen molar-refractivity contribution in [2.45, 2.75) is 24.3 Å². The molecule has 1 saturated carbocycles. The van der Waals surface area contributed by atoms with Crippen molar-refractivity contribution in [2.24, 2.45) is 11.7 Å². The third-order valence-corrected chi connectivity index (χ3v) is 3.19. The smallest absolute Gasteiger partial charge is 0.324 e. The monoisotopic (exact) mass is 241 g/mol. The van der Waals surface area contributed by atoms with Crippen LogP contribution in [0.1, 0.15) is 12.0 Å². The predicted molar refractivity (Wildman–Crippen MR) is 57.8 cm³/mol. The minimum absolute atomic E-state index is 0.165. The summed E-state index contributed by atoms with van der Waals surface area (Å²) < 4.78 is 27.6. The number of nitrogens with two attached hydrogens (primary N) is 1. The Morgan fingerprint density at radius 2 is 2.06 bits per heavy atom. The topological polar surface area (TPSA) is 63.3 Å². The molecule has 0 radical (unpaired) electrons. The number of halogens is 2. The Kier molecular flexibility index (Phi) is 2.66. The number of carboxylic acids is 1. The number of hydrogen-bond acceptors (Lipinski definition) is 2. The molecule has 0 aliphatic heterocycles. The second-order valence-corrected chi connectivity index (χ2v) is 4.53. The Morgan fingerprint density at radius 1 is 1.47 bits per heavy atom. The number of hydrogen-bond donors (Lipinski definition) is 2. The van der Waals surface area contributed by atoms with E-state index in [2.05, 4.69) is 0 Å². The van der Waals surface area contributed by atoms with E-state index in [-0.39, 0.29) is 6.42 Å². The molecular formula is C12H13F2NO2. The largest absolute Gasteiger partial charge is 0.480 e. The van der Waals surface area contributed by atoms with Gasteiger partial charge in [0.15, 0.2) is 0 Å². The van der Waals surface area contributed by atoms with Crippen molar-refractivity contribution < 1.29 is 18.7 Å². The van der Waals surface area contributed by atoms with E-state index >= 15 is 0 Å². The molecule has 0 amide bonds. The molecule has 3 N–H and O–H groups in total. The van der Waals surface area contributed by atoms with Crippen LogP contribution >= 0.6 is 0 Å². The Bertz CT molecular complexity index is 435. The molecule has 2 rings (SSSR count). The van der Waals surface area contributed by atoms with Gasteiger partial charge >= 0.3 is 5.97 Å². The average Bonchev–Trinajstić information content (AvgIpc) is 2.94. The van der Waals surface area contributed by atoms with Crippen LogP contribution in [0.15, 0.2) is 30.3 Å². The molecule has 5 heteroatoms. The number of benzene rings is 1. The van der Waals surface area contributed by atoms with Crippen LogP contribution in [0, 0.1) is 5.92 Å². The van der Waals surface area contributed by atoms with Gasteiger partial charge in [0.2, 0.25) is 0 Å². The van der Waals surface area contributed by atoms with Gasteiger partial charge in [-0.3, -0.25) is 4.79 Å². The Hall–Kier alpha value is -1.49. The van der Waals surface area contributed by atoms with Crippen LogP contribution in [0.5, 0.6) is 0 Å². The van der Waals surface area contributed by atoms with E-state index in [0.717, 1.165) is 0 Å². The van der Waals surface area contributed by atoms with Gasteiger partial charge < -0.3 is 10.8 Å². The van der Waals surface area contributed by atoms with E-state index in [0.29, 0.717) is 5.56 Å². The van der Waals surface area contributed by atoms with Crippen LogP contribution in [-0.2, 0) is 11.2 Å². The summed E-state index contributed by atoms with van der Waals surface area (Å²) in [6.07, 6.45) is -0.632. The molecule has 0 aromatic heterocycles. The van der Waals surface area contributed by atoms with Crippen LogP contribution in [-0.4, -0.2) is 22.5 Å². The van der Waals surface area contributed by atoms with E-state index in [4.69, 9.17) is 10.8 Å². The molecule has 2 atom stereocenters. The normalized spacial score (nSPS) is 27.8. The van der Waals surface area contributed by atoms with Gasteiger partial charge in [-0.2, -0.15) is 0 Å². The highest BCUT2D eigenvalue weighted by Gasteiger charge is 2.68. The number of carboxylic acid groups (broad SMARTS) is 1. The zero-order valence-corrected chi connectivity index (χ0v) is 9.07. The predicted octanol–water partition coefficient (Wildman–Crippen LogP) is 1.67. The van der Waals surface area contributed by atoms with Gasteiger partial charge in [-0.25, -0.2) is 8.78 Å². The molecule has 2 unspecified atom stereocenters. The summed E-state index contributed by atoms with van der Waals surface area (Å²) in [7, 11) is 0. The maximum absolute atomic E-state index is 13.8. The molecule has 92 valence electrons. The molecule has 1 aromatic rings. The maximum Gasteiger partial charge on any atom is 0.324 e. The van der Waals surface area contributed by atoms with Crippen molar-refractivity contribution in [1.29, 1.82) is 0 Å². The third-order valence-electron chi connectivity index (χ3n) is 3.19. The van der Waals surface area contributed by atoms with E-state index in [1.165, 1.54) is 0 Å². The molecule has 1 aromatic carbocycles. The van der Waals surface area contributed by atoms with E-state index in [1.54, 1.807) is 30.3 Å². The highest BCUT2D eigenvalue weighted by Crippen LogP contribution is 2.52. The zero-order chi connectivity index (χ0) is 12.7. The van der Waals surface area contributed by atoms with Crippen LogP contribution in [0.25, 0.3) is 0 Å². The van der Waals surface area contributed by atoms with Crippen LogP contribution in [0.2, 0.25) is 0 Å². The Balaban J connectivity index is 2.09. The van der Waals surface area contributed by atoms with Gasteiger partial charge in [0.1, 0.15) is 5.54 Å². The van der Waals surface area contributed by atoms with Gasteiger partial charge in [0.05, 0.1) is 5.92 Å². The van der Waals surface area contributed by atoms with E-state index in [1.807, 2.05) is 0 Å². The lowest BCUT2D eigenvalue weighted by molar-refractivity contribution is -0.142. The molecule has 0 saturated heterocycles. The summed E-state index contributed by atoms with van der Waals surface area (Å²) in [6, 6.07) is 8.27. The van der Waals surface area contributed by atoms with Gasteiger partial charge in [-0.05, 0) is 12.0 Å². The second-order valence-electron chi connectivity index (χ2n) is 4.53. The number of carbonyl (C=O) groups is 1. The van der Waals surface area contributed by atoms with Gasteiger partial charge in [0, 0.05) is 6.42 Å². The maximum atomic E-state index is 13.8. The molecule has 0 bridgehead atoms. The first-order valence-corrected chi connectivity index (χ1v) is 5.30. The number of aliphatic carboxylic acids is 1. The molecule has 3 nitrogen and oxygen atoms in total. The highest BCUT2D eigenvalue weighted by atomic mass is 19.3. The summed E-state index contributed by atoms with van der Waals surface area (Å²) >= 11 is 0. The van der Waals surface area contributed by atoms with Crippen molar-refractivity contribution in [1.82, 2.24) is 0 Å². The van der Waals surface area contributed by atoms with Crippen molar-refractivity contribution in [3.05, 3.63) is 35.9 Å². The summed E-state index contributed by atoms with van der Waals surface area (Å²) in [5.74, 6) is -5.70. The Labute approximate surface area is 97.2 Å². The molecule has 17 heavy (non-hydrogen) atoms. The molecule has 0 spiro atoms. The second kappa shape index (κ2) is 3.77. The lowest BCUT2D eigenvalue weighted by Crippen LogP contribution is -2.40. The molecular weight excluding hydrogens is 228 g/mol. The SMILES string of the molecule is NC1(C(=O)O)CC1C(F)(F)Cc1ccccc1. The number of alkyl halides is 2. The fraction of sp³-hybridized carbons (Fsp3) is 0.417. The van der Waals surface area contributed by atoms with Crippen LogP contribution in [0.4, 0.5) is 8.78 Å². The minimum atomic E-state index is -3.07. The summed E-state index contributed by atoms with van der Waals surface area (Å²) in [5.41, 5.74) is 4.13. The van der Waals surface area contributed by atoms with Crippen molar-refractivity contribution >= 4 is 5.97 Å². The third kappa shape index (κ3) is 2.15. The van der Waals surface area contributed by atoms with Crippen molar-refractivity contribution in [2.75, 3.05) is 0 Å². The first kappa shape index (κ1) is 12.0. The van der Waals surface area contributed by atoms with Gasteiger partial charge in [-0.1, -0.05) is 30.3 Å². The van der Waals surface area contributed by atoms with Crippen molar-refractivity contribution in [3.63, 3.8) is 0 Å². The molecule has 1 aliphatic carbocycles.